The minimum absolute atomic E-state index is 0.0696. The number of halogens is 1. The van der Waals surface area contributed by atoms with Gasteiger partial charge in [0.1, 0.15) is 5.75 Å². The van der Waals surface area contributed by atoms with Crippen molar-refractivity contribution in [3.05, 3.63) is 58.6 Å². The van der Waals surface area contributed by atoms with Gasteiger partial charge in [0.05, 0.1) is 24.0 Å². The van der Waals surface area contributed by atoms with Crippen LogP contribution in [-0.4, -0.2) is 72.8 Å². The van der Waals surface area contributed by atoms with Gasteiger partial charge in [0.15, 0.2) is 0 Å². The number of ether oxygens (including phenoxy) is 1. The number of hydrogen-bond acceptors (Lipinski definition) is 5. The van der Waals surface area contributed by atoms with Gasteiger partial charge in [-0.3, -0.25) is 14.6 Å². The monoisotopic (exact) mass is 471 g/mol. The van der Waals surface area contributed by atoms with Gasteiger partial charge in [0.25, 0.3) is 5.91 Å². The molecule has 2 aromatic rings. The number of rotatable bonds is 8. The van der Waals surface area contributed by atoms with Crippen molar-refractivity contribution in [3.8, 4) is 5.75 Å². The fraction of sp³-hybridized carbons (Fsp3) is 0.400. The van der Waals surface area contributed by atoms with Gasteiger partial charge in [0, 0.05) is 38.1 Å². The SMILES string of the molecule is C=Nc1cc(Cl)ccc1C(=O)N(C)CC1(O)CCN(C(=O)CCc2ccc(OC)cc2)CC1. The molecule has 1 N–H and O–H groups in total. The minimum Gasteiger partial charge on any atom is -0.497 e. The molecule has 1 aliphatic rings. The number of carbonyl (C=O) groups is 2. The van der Waals surface area contributed by atoms with Crippen molar-refractivity contribution in [1.82, 2.24) is 9.80 Å². The average molecular weight is 472 g/mol. The summed E-state index contributed by atoms with van der Waals surface area (Å²) in [4.78, 5) is 32.7. The predicted molar refractivity (Wildman–Crippen MR) is 130 cm³/mol. The quantitative estimate of drug-likeness (QED) is 0.594. The third-order valence-electron chi connectivity index (χ3n) is 6.07. The third-order valence-corrected chi connectivity index (χ3v) is 6.31. The van der Waals surface area contributed by atoms with Crippen molar-refractivity contribution in [2.75, 3.05) is 33.8 Å². The molecule has 1 saturated heterocycles. The van der Waals surface area contributed by atoms with E-state index in [9.17, 15) is 14.7 Å². The number of aliphatic hydroxyl groups is 1. The van der Waals surface area contributed by atoms with Crippen LogP contribution in [0.25, 0.3) is 0 Å². The van der Waals surface area contributed by atoms with E-state index >= 15 is 0 Å². The molecule has 0 aromatic heterocycles. The molecule has 0 aliphatic carbocycles. The van der Waals surface area contributed by atoms with Crippen molar-refractivity contribution in [2.24, 2.45) is 4.99 Å². The lowest BCUT2D eigenvalue weighted by Crippen LogP contribution is -2.52. The predicted octanol–water partition coefficient (Wildman–Crippen LogP) is 3.74. The molecule has 0 bridgehead atoms. The first-order valence-electron chi connectivity index (χ1n) is 10.9. The number of amides is 2. The summed E-state index contributed by atoms with van der Waals surface area (Å²) < 4.78 is 5.16. The fourth-order valence-corrected chi connectivity index (χ4v) is 4.23. The number of methoxy groups -OCH3 is 1. The molecule has 2 aromatic carbocycles. The number of aryl methyl sites for hydroxylation is 1. The van der Waals surface area contributed by atoms with Crippen LogP contribution >= 0.6 is 11.6 Å². The Balaban J connectivity index is 1.51. The first-order chi connectivity index (χ1) is 15.7. The summed E-state index contributed by atoms with van der Waals surface area (Å²) in [5.74, 6) is 0.595. The molecular formula is C25H30ClN3O4. The maximum atomic E-state index is 12.9. The van der Waals surface area contributed by atoms with Crippen molar-refractivity contribution in [2.45, 2.75) is 31.3 Å². The second-order valence-corrected chi connectivity index (χ2v) is 8.87. The second-order valence-electron chi connectivity index (χ2n) is 8.43. The van der Waals surface area contributed by atoms with Gasteiger partial charge in [-0.15, -0.1) is 0 Å². The molecule has 0 saturated carbocycles. The molecule has 7 nitrogen and oxygen atoms in total. The Kier molecular flexibility index (Phi) is 8.10. The number of piperidine rings is 1. The second kappa shape index (κ2) is 10.8. The van der Waals surface area contributed by atoms with Crippen LogP contribution < -0.4 is 4.74 Å². The summed E-state index contributed by atoms with van der Waals surface area (Å²) in [7, 11) is 3.27. The maximum Gasteiger partial charge on any atom is 0.255 e. The van der Waals surface area contributed by atoms with E-state index in [1.165, 1.54) is 4.90 Å². The molecule has 0 radical (unpaired) electrons. The zero-order valence-corrected chi connectivity index (χ0v) is 19.8. The number of aliphatic imine (C=N–C) groups is 1. The number of likely N-dealkylation sites (N-methyl/N-ethyl adjacent to an activating group) is 1. The van der Waals surface area contributed by atoms with Gasteiger partial charge in [-0.25, -0.2) is 0 Å². The van der Waals surface area contributed by atoms with Crippen LogP contribution in [0, 0.1) is 0 Å². The van der Waals surface area contributed by atoms with Gasteiger partial charge in [-0.2, -0.15) is 0 Å². The Morgan fingerprint density at radius 2 is 1.88 bits per heavy atom. The number of hydrogen-bond donors (Lipinski definition) is 1. The highest BCUT2D eigenvalue weighted by Gasteiger charge is 2.36. The molecule has 0 spiro atoms. The van der Waals surface area contributed by atoms with E-state index in [1.807, 2.05) is 24.3 Å². The summed E-state index contributed by atoms with van der Waals surface area (Å²) in [5, 5.41) is 11.5. The topological polar surface area (TPSA) is 82.4 Å². The van der Waals surface area contributed by atoms with Crippen molar-refractivity contribution < 1.29 is 19.4 Å². The Labute approximate surface area is 199 Å². The van der Waals surface area contributed by atoms with Gasteiger partial charge in [0.2, 0.25) is 5.91 Å². The summed E-state index contributed by atoms with van der Waals surface area (Å²) in [6.07, 6.45) is 1.89. The standard InChI is InChI=1S/C25H30ClN3O4/c1-27-22-16-19(26)7-10-21(22)24(31)28(2)17-25(32)12-14-29(15-13-25)23(30)11-6-18-4-8-20(33-3)9-5-18/h4-5,7-10,16,32H,1,6,11-15,17H2,2-3H3. The number of nitrogens with zero attached hydrogens (tertiary/aromatic N) is 3. The zero-order valence-electron chi connectivity index (χ0n) is 19.1. The van der Waals surface area contributed by atoms with E-state index < -0.39 is 5.60 Å². The normalized spacial score (nSPS) is 15.1. The molecule has 3 rings (SSSR count). The van der Waals surface area contributed by atoms with Gasteiger partial charge < -0.3 is 19.6 Å². The van der Waals surface area contributed by atoms with Crippen LogP contribution in [0.3, 0.4) is 0 Å². The molecule has 1 heterocycles. The first-order valence-corrected chi connectivity index (χ1v) is 11.3. The maximum absolute atomic E-state index is 12.9. The van der Waals surface area contributed by atoms with Gasteiger partial charge in [-0.1, -0.05) is 23.7 Å². The Morgan fingerprint density at radius 3 is 2.48 bits per heavy atom. The number of likely N-dealkylation sites (tertiary alicyclic amines) is 1. The van der Waals surface area contributed by atoms with Gasteiger partial charge >= 0.3 is 0 Å². The van der Waals surface area contributed by atoms with Crippen molar-refractivity contribution >= 4 is 35.8 Å². The zero-order chi connectivity index (χ0) is 24.0. The Hall–Kier alpha value is -2.90. The van der Waals surface area contributed by atoms with E-state index in [-0.39, 0.29) is 18.4 Å². The molecule has 0 atom stereocenters. The molecule has 8 heteroatoms. The fourth-order valence-electron chi connectivity index (χ4n) is 4.07. The van der Waals surface area contributed by atoms with Crippen molar-refractivity contribution in [1.29, 1.82) is 0 Å². The highest BCUT2D eigenvalue weighted by molar-refractivity contribution is 6.31. The largest absolute Gasteiger partial charge is 0.497 e. The van der Waals surface area contributed by atoms with E-state index in [0.717, 1.165) is 11.3 Å². The third kappa shape index (κ3) is 6.33. The smallest absolute Gasteiger partial charge is 0.255 e. The van der Waals surface area contributed by atoms with Crippen LogP contribution in [0.1, 0.15) is 35.2 Å². The van der Waals surface area contributed by atoms with Crippen LogP contribution in [0.4, 0.5) is 5.69 Å². The van der Waals surface area contributed by atoms with E-state index in [4.69, 9.17) is 16.3 Å². The lowest BCUT2D eigenvalue weighted by molar-refractivity contribution is -0.135. The number of benzene rings is 2. The minimum atomic E-state index is -1.05. The van der Waals surface area contributed by atoms with Gasteiger partial charge in [-0.05, 0) is 61.9 Å². The van der Waals surface area contributed by atoms with E-state index in [0.29, 0.717) is 55.0 Å². The van der Waals surface area contributed by atoms with E-state index in [2.05, 4.69) is 11.7 Å². The molecule has 1 aliphatic heterocycles. The Bertz CT molecular complexity index is 1000. The molecule has 176 valence electrons. The number of carbonyl (C=O) groups excluding carboxylic acids is 2. The summed E-state index contributed by atoms with van der Waals surface area (Å²) >= 11 is 5.98. The Morgan fingerprint density at radius 1 is 1.21 bits per heavy atom. The summed E-state index contributed by atoms with van der Waals surface area (Å²) in [5.41, 5.74) is 0.814. The lowest BCUT2D eigenvalue weighted by Gasteiger charge is -2.40. The molecule has 2 amide bonds. The van der Waals surface area contributed by atoms with E-state index in [1.54, 1.807) is 37.3 Å². The first kappa shape index (κ1) is 24.7. The van der Waals surface area contributed by atoms with Crippen LogP contribution in [0.5, 0.6) is 5.75 Å². The molecule has 1 fully saturated rings. The summed E-state index contributed by atoms with van der Waals surface area (Å²) in [6.45, 7) is 4.58. The highest BCUT2D eigenvalue weighted by atomic mass is 35.5. The summed E-state index contributed by atoms with van der Waals surface area (Å²) in [6, 6.07) is 12.5. The lowest BCUT2D eigenvalue weighted by atomic mass is 9.90. The molecular weight excluding hydrogens is 442 g/mol. The van der Waals surface area contributed by atoms with Crippen LogP contribution in [-0.2, 0) is 11.2 Å². The average Bonchev–Trinajstić information content (AvgIpc) is 2.82. The van der Waals surface area contributed by atoms with Crippen LogP contribution in [0.2, 0.25) is 5.02 Å². The highest BCUT2D eigenvalue weighted by Crippen LogP contribution is 2.27. The molecule has 33 heavy (non-hydrogen) atoms. The van der Waals surface area contributed by atoms with Crippen LogP contribution in [0.15, 0.2) is 47.5 Å². The molecule has 0 unspecified atom stereocenters. The van der Waals surface area contributed by atoms with Crippen molar-refractivity contribution in [3.63, 3.8) is 0 Å².